The van der Waals surface area contributed by atoms with Gasteiger partial charge in [0.15, 0.2) is 5.82 Å². The molecular weight excluding hydrogens is 228 g/mol. The number of carboxylic acid groups (broad SMARTS) is 1. The average molecular weight is 244 g/mol. The van der Waals surface area contributed by atoms with Crippen LogP contribution in [0.2, 0.25) is 0 Å². The topological polar surface area (TPSA) is 91.8 Å². The molecule has 6 nitrogen and oxygen atoms in total. The van der Waals surface area contributed by atoms with Crippen molar-refractivity contribution in [2.24, 2.45) is 5.92 Å². The number of aromatic amines is 1. The zero-order chi connectivity index (χ0) is 11.8. The van der Waals surface area contributed by atoms with E-state index in [1.54, 1.807) is 0 Å². The lowest BCUT2D eigenvalue weighted by Gasteiger charge is -2.07. The predicted molar refractivity (Wildman–Crippen MR) is 61.3 cm³/mol. The van der Waals surface area contributed by atoms with Crippen molar-refractivity contribution in [2.45, 2.75) is 32.1 Å². The summed E-state index contributed by atoms with van der Waals surface area (Å²) in [6.45, 7) is 0. The van der Waals surface area contributed by atoms with Gasteiger partial charge in [-0.05, 0) is 12.8 Å². The van der Waals surface area contributed by atoms with Crippen LogP contribution in [0.3, 0.4) is 0 Å². The lowest BCUT2D eigenvalue weighted by Crippen LogP contribution is -2.15. The first-order chi connectivity index (χ1) is 7.74. The number of nitrogens with zero attached hydrogens (tertiary/aromatic N) is 3. The molecule has 0 spiro atoms. The molecule has 1 aromatic heterocycles. The summed E-state index contributed by atoms with van der Waals surface area (Å²) >= 11 is 4.02. The number of H-pyrrole nitrogens is 1. The largest absolute Gasteiger partial charge is 0.481 e. The Balaban J connectivity index is 2.05. The SMILES string of the molecule is O=C(O)C(CS)CCCCCc1nn[nH]n1. The van der Waals surface area contributed by atoms with E-state index >= 15 is 0 Å². The van der Waals surface area contributed by atoms with E-state index in [1.165, 1.54) is 0 Å². The van der Waals surface area contributed by atoms with Crippen LogP contribution < -0.4 is 0 Å². The third kappa shape index (κ3) is 4.61. The number of carbonyl (C=O) groups is 1. The van der Waals surface area contributed by atoms with Gasteiger partial charge in [-0.1, -0.05) is 18.1 Å². The number of aromatic nitrogens is 4. The van der Waals surface area contributed by atoms with Crippen LogP contribution in [0.15, 0.2) is 0 Å². The first-order valence-corrected chi connectivity index (χ1v) is 5.93. The zero-order valence-corrected chi connectivity index (χ0v) is 9.86. The molecule has 0 radical (unpaired) electrons. The predicted octanol–water partition coefficient (Wildman–Crippen LogP) is 0.933. The van der Waals surface area contributed by atoms with E-state index in [1.807, 2.05) is 0 Å². The molecule has 1 unspecified atom stereocenters. The minimum Gasteiger partial charge on any atom is -0.481 e. The van der Waals surface area contributed by atoms with Crippen molar-refractivity contribution in [3.8, 4) is 0 Å². The maximum atomic E-state index is 10.7. The number of aliphatic carboxylic acids is 1. The Morgan fingerprint density at radius 2 is 2.25 bits per heavy atom. The number of thiol groups is 1. The molecule has 1 rings (SSSR count). The monoisotopic (exact) mass is 244 g/mol. The zero-order valence-electron chi connectivity index (χ0n) is 8.96. The Morgan fingerprint density at radius 1 is 1.44 bits per heavy atom. The fourth-order valence-corrected chi connectivity index (χ4v) is 1.77. The summed E-state index contributed by atoms with van der Waals surface area (Å²) < 4.78 is 0. The normalized spacial score (nSPS) is 12.6. The number of hydrogen-bond acceptors (Lipinski definition) is 5. The second-order valence-electron chi connectivity index (χ2n) is 3.65. The van der Waals surface area contributed by atoms with E-state index in [4.69, 9.17) is 5.11 Å². The molecule has 7 heteroatoms. The summed E-state index contributed by atoms with van der Waals surface area (Å²) in [5.74, 6) is 0.0332. The van der Waals surface area contributed by atoms with Gasteiger partial charge in [0.05, 0.1) is 5.92 Å². The first kappa shape index (κ1) is 13.0. The molecule has 0 aliphatic rings. The first-order valence-electron chi connectivity index (χ1n) is 5.30. The molecule has 0 saturated carbocycles. The Morgan fingerprint density at radius 3 is 2.81 bits per heavy atom. The van der Waals surface area contributed by atoms with Crippen molar-refractivity contribution in [1.82, 2.24) is 20.6 Å². The standard InChI is InChI=1S/C9H16N4O2S/c14-9(15)7(6-16)4-2-1-3-5-8-10-12-13-11-8/h7,16H,1-6H2,(H,14,15)(H,10,11,12,13). The maximum absolute atomic E-state index is 10.7. The van der Waals surface area contributed by atoms with Crippen LogP contribution in [0.1, 0.15) is 31.5 Å². The molecule has 1 heterocycles. The molecule has 0 aromatic carbocycles. The molecule has 16 heavy (non-hydrogen) atoms. The lowest BCUT2D eigenvalue weighted by molar-refractivity contribution is -0.141. The summed E-state index contributed by atoms with van der Waals surface area (Å²) in [6, 6.07) is 0. The molecule has 1 aromatic rings. The summed E-state index contributed by atoms with van der Waals surface area (Å²) in [7, 11) is 0. The summed E-state index contributed by atoms with van der Waals surface area (Å²) in [6.07, 6.45) is 4.31. The minimum atomic E-state index is -0.756. The molecule has 90 valence electrons. The van der Waals surface area contributed by atoms with Gasteiger partial charge in [-0.3, -0.25) is 4.79 Å². The summed E-state index contributed by atoms with van der Waals surface area (Å²) in [5, 5.41) is 22.3. The molecule has 0 aliphatic carbocycles. The van der Waals surface area contributed by atoms with Gasteiger partial charge < -0.3 is 5.11 Å². The number of rotatable bonds is 8. The molecule has 0 aliphatic heterocycles. The Bertz CT molecular complexity index is 304. The number of hydrogen-bond donors (Lipinski definition) is 3. The van der Waals surface area contributed by atoms with E-state index in [2.05, 4.69) is 33.3 Å². The van der Waals surface area contributed by atoms with Crippen molar-refractivity contribution < 1.29 is 9.90 Å². The van der Waals surface area contributed by atoms with Crippen LogP contribution in [-0.4, -0.2) is 37.5 Å². The van der Waals surface area contributed by atoms with E-state index in [9.17, 15) is 4.79 Å². The second kappa shape index (κ2) is 7.21. The van der Waals surface area contributed by atoms with Crippen LogP contribution >= 0.6 is 12.6 Å². The Kier molecular flexibility index (Phi) is 5.84. The van der Waals surface area contributed by atoms with E-state index in [0.29, 0.717) is 18.0 Å². The number of nitrogens with one attached hydrogen (secondary N) is 1. The molecule has 2 N–H and O–H groups in total. The maximum Gasteiger partial charge on any atom is 0.307 e. The second-order valence-corrected chi connectivity index (χ2v) is 4.01. The highest BCUT2D eigenvalue weighted by Crippen LogP contribution is 2.12. The van der Waals surface area contributed by atoms with E-state index in [-0.39, 0.29) is 5.92 Å². The van der Waals surface area contributed by atoms with Crippen LogP contribution in [0, 0.1) is 5.92 Å². The smallest absolute Gasteiger partial charge is 0.307 e. The van der Waals surface area contributed by atoms with Gasteiger partial charge in [-0.15, -0.1) is 10.2 Å². The van der Waals surface area contributed by atoms with Gasteiger partial charge in [0, 0.05) is 12.2 Å². The van der Waals surface area contributed by atoms with Crippen molar-refractivity contribution in [2.75, 3.05) is 5.75 Å². The number of unbranched alkanes of at least 4 members (excludes halogenated alkanes) is 2. The van der Waals surface area contributed by atoms with Gasteiger partial charge in [0.2, 0.25) is 0 Å². The minimum absolute atomic E-state index is 0.325. The Hall–Kier alpha value is -1.11. The van der Waals surface area contributed by atoms with Gasteiger partial charge >= 0.3 is 5.97 Å². The van der Waals surface area contributed by atoms with Gasteiger partial charge in [-0.2, -0.15) is 17.8 Å². The van der Waals surface area contributed by atoms with Gasteiger partial charge in [0.25, 0.3) is 0 Å². The van der Waals surface area contributed by atoms with Crippen LogP contribution in [0.25, 0.3) is 0 Å². The van der Waals surface area contributed by atoms with Crippen molar-refractivity contribution in [1.29, 1.82) is 0 Å². The fraction of sp³-hybridized carbons (Fsp3) is 0.778. The highest BCUT2D eigenvalue weighted by molar-refractivity contribution is 7.80. The molecule has 0 bridgehead atoms. The van der Waals surface area contributed by atoms with Crippen LogP contribution in [-0.2, 0) is 11.2 Å². The molecule has 1 atom stereocenters. The Labute approximate surface area is 99.2 Å². The van der Waals surface area contributed by atoms with Crippen molar-refractivity contribution in [3.05, 3.63) is 5.82 Å². The number of tetrazole rings is 1. The summed E-state index contributed by atoms with van der Waals surface area (Å²) in [4.78, 5) is 10.7. The van der Waals surface area contributed by atoms with E-state index in [0.717, 1.165) is 25.7 Å². The van der Waals surface area contributed by atoms with Crippen LogP contribution in [0.5, 0.6) is 0 Å². The quantitative estimate of drug-likeness (QED) is 0.467. The number of carboxylic acids is 1. The van der Waals surface area contributed by atoms with Gasteiger partial charge in [-0.25, -0.2) is 0 Å². The van der Waals surface area contributed by atoms with E-state index < -0.39 is 5.97 Å². The van der Waals surface area contributed by atoms with Crippen LogP contribution in [0.4, 0.5) is 0 Å². The fourth-order valence-electron chi connectivity index (χ4n) is 1.43. The number of aryl methyl sites for hydroxylation is 1. The van der Waals surface area contributed by atoms with Crippen molar-refractivity contribution in [3.63, 3.8) is 0 Å². The molecule has 0 saturated heterocycles. The molecule has 0 fully saturated rings. The average Bonchev–Trinajstić information content (AvgIpc) is 2.75. The lowest BCUT2D eigenvalue weighted by atomic mass is 10.0. The highest BCUT2D eigenvalue weighted by Gasteiger charge is 2.14. The van der Waals surface area contributed by atoms with Crippen molar-refractivity contribution >= 4 is 18.6 Å². The highest BCUT2D eigenvalue weighted by atomic mass is 32.1. The summed E-state index contributed by atoms with van der Waals surface area (Å²) in [5.41, 5.74) is 0. The molecular formula is C9H16N4O2S. The third-order valence-electron chi connectivity index (χ3n) is 2.41. The molecule has 0 amide bonds. The van der Waals surface area contributed by atoms with Gasteiger partial charge in [0.1, 0.15) is 0 Å². The third-order valence-corrected chi connectivity index (χ3v) is 2.85.